The lowest BCUT2D eigenvalue weighted by Crippen LogP contribution is -2.10. The first-order valence-electron chi connectivity index (χ1n) is 9.56. The van der Waals surface area contributed by atoms with Crippen molar-refractivity contribution in [3.63, 3.8) is 0 Å². The van der Waals surface area contributed by atoms with Crippen LogP contribution in [0.1, 0.15) is 5.56 Å². The van der Waals surface area contributed by atoms with Gasteiger partial charge in [-0.25, -0.2) is 0 Å². The van der Waals surface area contributed by atoms with Crippen molar-refractivity contribution in [2.45, 2.75) is 6.54 Å². The first-order chi connectivity index (χ1) is 14.8. The number of benzene rings is 3. The van der Waals surface area contributed by atoms with Crippen LogP contribution < -0.4 is 20.7 Å². The number of aromatic nitrogens is 3. The van der Waals surface area contributed by atoms with Gasteiger partial charge in [0.25, 0.3) is 0 Å². The summed E-state index contributed by atoms with van der Waals surface area (Å²) in [6, 6.07) is 27.4. The molecular weight excluding hydrogens is 376 g/mol. The van der Waals surface area contributed by atoms with Gasteiger partial charge in [0.2, 0.25) is 17.8 Å². The molecule has 0 saturated carbocycles. The van der Waals surface area contributed by atoms with Gasteiger partial charge in [-0.3, -0.25) is 0 Å². The molecule has 1 heterocycles. The minimum Gasteiger partial charge on any atom is -0.496 e. The summed E-state index contributed by atoms with van der Waals surface area (Å²) < 4.78 is 5.42. The van der Waals surface area contributed by atoms with Gasteiger partial charge >= 0.3 is 0 Å². The molecule has 0 saturated heterocycles. The van der Waals surface area contributed by atoms with E-state index in [9.17, 15) is 0 Å². The van der Waals surface area contributed by atoms with Crippen LogP contribution in [0.5, 0.6) is 5.75 Å². The molecule has 0 spiro atoms. The number of rotatable bonds is 8. The van der Waals surface area contributed by atoms with E-state index in [4.69, 9.17) is 4.74 Å². The van der Waals surface area contributed by atoms with Gasteiger partial charge in [-0.1, -0.05) is 54.6 Å². The summed E-state index contributed by atoms with van der Waals surface area (Å²) in [5.74, 6) is 2.14. The normalized spacial score (nSPS) is 10.3. The van der Waals surface area contributed by atoms with Crippen molar-refractivity contribution in [2.24, 2.45) is 0 Å². The molecule has 30 heavy (non-hydrogen) atoms. The van der Waals surface area contributed by atoms with E-state index in [1.807, 2.05) is 84.9 Å². The highest BCUT2D eigenvalue weighted by Gasteiger charge is 2.09. The maximum atomic E-state index is 5.42. The van der Waals surface area contributed by atoms with Crippen molar-refractivity contribution in [1.29, 1.82) is 0 Å². The summed E-state index contributed by atoms with van der Waals surface area (Å²) in [7, 11) is 1.66. The van der Waals surface area contributed by atoms with Crippen molar-refractivity contribution in [3.8, 4) is 5.75 Å². The Morgan fingerprint density at radius 2 is 1.13 bits per heavy atom. The maximum absolute atomic E-state index is 5.42. The molecule has 150 valence electrons. The fourth-order valence-electron chi connectivity index (χ4n) is 2.89. The van der Waals surface area contributed by atoms with E-state index >= 15 is 0 Å². The molecule has 0 aliphatic rings. The van der Waals surface area contributed by atoms with Crippen LogP contribution in [-0.4, -0.2) is 22.1 Å². The average Bonchev–Trinajstić information content (AvgIpc) is 2.79. The molecule has 0 fully saturated rings. The second-order valence-corrected chi connectivity index (χ2v) is 6.45. The van der Waals surface area contributed by atoms with Crippen LogP contribution >= 0.6 is 0 Å². The van der Waals surface area contributed by atoms with E-state index in [0.29, 0.717) is 24.4 Å². The van der Waals surface area contributed by atoms with Gasteiger partial charge in [0, 0.05) is 23.5 Å². The van der Waals surface area contributed by atoms with Gasteiger partial charge in [0.05, 0.1) is 7.11 Å². The molecule has 0 bridgehead atoms. The monoisotopic (exact) mass is 398 g/mol. The SMILES string of the molecule is COc1ccccc1CNc1nc(Nc2ccccc2)nc(Nc2ccccc2)n1. The zero-order valence-corrected chi connectivity index (χ0v) is 16.5. The zero-order valence-electron chi connectivity index (χ0n) is 16.5. The van der Waals surface area contributed by atoms with Gasteiger partial charge in [0.1, 0.15) is 5.75 Å². The zero-order chi connectivity index (χ0) is 20.6. The Morgan fingerprint density at radius 3 is 1.70 bits per heavy atom. The van der Waals surface area contributed by atoms with E-state index in [0.717, 1.165) is 22.7 Å². The van der Waals surface area contributed by atoms with Gasteiger partial charge in [-0.2, -0.15) is 15.0 Å². The van der Waals surface area contributed by atoms with Gasteiger partial charge in [-0.05, 0) is 30.3 Å². The summed E-state index contributed by atoms with van der Waals surface area (Å²) in [5, 5.41) is 9.71. The number of nitrogens with one attached hydrogen (secondary N) is 3. The molecule has 4 aromatic rings. The molecule has 0 atom stereocenters. The molecule has 3 aromatic carbocycles. The highest BCUT2D eigenvalue weighted by molar-refractivity contribution is 5.59. The van der Waals surface area contributed by atoms with Crippen LogP contribution in [0.25, 0.3) is 0 Å². The lowest BCUT2D eigenvalue weighted by Gasteiger charge is -2.12. The number of hydrogen-bond acceptors (Lipinski definition) is 7. The molecule has 3 N–H and O–H groups in total. The van der Waals surface area contributed by atoms with Crippen LogP contribution in [0.3, 0.4) is 0 Å². The van der Waals surface area contributed by atoms with Gasteiger partial charge < -0.3 is 20.7 Å². The van der Waals surface area contributed by atoms with E-state index in [2.05, 4.69) is 30.9 Å². The maximum Gasteiger partial charge on any atom is 0.233 e. The van der Waals surface area contributed by atoms with E-state index < -0.39 is 0 Å². The lowest BCUT2D eigenvalue weighted by molar-refractivity contribution is 0.410. The number of nitrogens with zero attached hydrogens (tertiary/aromatic N) is 3. The Bertz CT molecular complexity index is 1030. The minimum atomic E-state index is 0.442. The third-order valence-corrected chi connectivity index (χ3v) is 4.32. The molecule has 0 amide bonds. The van der Waals surface area contributed by atoms with E-state index in [1.54, 1.807) is 7.11 Å². The Labute approximate surface area is 175 Å². The topological polar surface area (TPSA) is 84.0 Å². The minimum absolute atomic E-state index is 0.442. The van der Waals surface area contributed by atoms with Crippen LogP contribution in [0.4, 0.5) is 29.2 Å². The Morgan fingerprint density at radius 1 is 0.633 bits per heavy atom. The Kier molecular flexibility index (Phi) is 6.00. The number of methoxy groups -OCH3 is 1. The van der Waals surface area contributed by atoms with Crippen molar-refractivity contribution >= 4 is 29.2 Å². The summed E-state index contributed by atoms with van der Waals surface area (Å²) in [6.45, 7) is 0.517. The molecule has 7 nitrogen and oxygen atoms in total. The van der Waals surface area contributed by atoms with Crippen molar-refractivity contribution in [2.75, 3.05) is 23.1 Å². The number of hydrogen-bond donors (Lipinski definition) is 3. The van der Waals surface area contributed by atoms with E-state index in [1.165, 1.54) is 0 Å². The number of ether oxygens (including phenoxy) is 1. The molecule has 0 aliphatic heterocycles. The summed E-state index contributed by atoms with van der Waals surface area (Å²) in [4.78, 5) is 13.5. The smallest absolute Gasteiger partial charge is 0.233 e. The second kappa shape index (κ2) is 9.38. The van der Waals surface area contributed by atoms with Crippen molar-refractivity contribution < 1.29 is 4.74 Å². The first-order valence-corrected chi connectivity index (χ1v) is 9.56. The number of anilines is 5. The Hall–Kier alpha value is -4.13. The standard InChI is InChI=1S/C23H22N6O/c1-30-20-15-9-8-10-17(20)16-24-21-27-22(25-18-11-4-2-5-12-18)29-23(28-21)26-19-13-6-3-7-14-19/h2-15H,16H2,1H3,(H3,24,25,26,27,28,29). The fourth-order valence-corrected chi connectivity index (χ4v) is 2.89. The van der Waals surface area contributed by atoms with Crippen molar-refractivity contribution in [1.82, 2.24) is 15.0 Å². The highest BCUT2D eigenvalue weighted by Crippen LogP contribution is 2.21. The average molecular weight is 398 g/mol. The predicted molar refractivity (Wildman–Crippen MR) is 120 cm³/mol. The fraction of sp³-hybridized carbons (Fsp3) is 0.0870. The van der Waals surface area contributed by atoms with Crippen molar-refractivity contribution in [3.05, 3.63) is 90.5 Å². The summed E-state index contributed by atoms with van der Waals surface area (Å²) in [5.41, 5.74) is 2.80. The van der Waals surface area contributed by atoms with Gasteiger partial charge in [-0.15, -0.1) is 0 Å². The van der Waals surface area contributed by atoms with E-state index in [-0.39, 0.29) is 0 Å². The van der Waals surface area contributed by atoms with Crippen LogP contribution in [-0.2, 0) is 6.54 Å². The first kappa shape index (κ1) is 19.2. The highest BCUT2D eigenvalue weighted by atomic mass is 16.5. The molecule has 0 aliphatic carbocycles. The third-order valence-electron chi connectivity index (χ3n) is 4.32. The molecular formula is C23H22N6O. The van der Waals surface area contributed by atoms with Crippen LogP contribution in [0.2, 0.25) is 0 Å². The Balaban J connectivity index is 1.59. The molecule has 1 aromatic heterocycles. The second-order valence-electron chi connectivity index (χ2n) is 6.45. The lowest BCUT2D eigenvalue weighted by atomic mass is 10.2. The summed E-state index contributed by atoms with van der Waals surface area (Å²) in [6.07, 6.45) is 0. The number of para-hydroxylation sites is 3. The molecule has 0 radical (unpaired) electrons. The van der Waals surface area contributed by atoms with Crippen LogP contribution in [0, 0.1) is 0 Å². The van der Waals surface area contributed by atoms with Gasteiger partial charge in [0.15, 0.2) is 0 Å². The predicted octanol–water partition coefficient (Wildman–Crippen LogP) is 4.98. The summed E-state index contributed by atoms with van der Waals surface area (Å²) >= 11 is 0. The largest absolute Gasteiger partial charge is 0.496 e. The quantitative estimate of drug-likeness (QED) is 0.386. The van der Waals surface area contributed by atoms with Crippen LogP contribution in [0.15, 0.2) is 84.9 Å². The molecule has 0 unspecified atom stereocenters. The third kappa shape index (κ3) is 5.02. The molecule has 7 heteroatoms. The molecule has 4 rings (SSSR count).